The largest absolute Gasteiger partial charge is 0.479 e. The second kappa shape index (κ2) is 9.59. The number of nitrogens with zero attached hydrogens (tertiary/aromatic N) is 1. The minimum Gasteiger partial charge on any atom is -0.479 e. The van der Waals surface area contributed by atoms with Crippen LogP contribution in [0.1, 0.15) is 0 Å². The molecule has 1 atom stereocenters. The molecule has 0 aliphatic carbocycles. The number of aliphatic carboxylic acids is 1. The zero-order valence-electron chi connectivity index (χ0n) is 11.9. The van der Waals surface area contributed by atoms with Gasteiger partial charge in [0.15, 0.2) is 6.10 Å². The Morgan fingerprint density at radius 2 is 2.00 bits per heavy atom. The van der Waals surface area contributed by atoms with Gasteiger partial charge in [0, 0.05) is 20.2 Å². The molecule has 0 spiro atoms. The lowest BCUT2D eigenvalue weighted by Crippen LogP contribution is -2.42. The zero-order chi connectivity index (χ0) is 15.7. The van der Waals surface area contributed by atoms with E-state index in [-0.39, 0.29) is 29.9 Å². The van der Waals surface area contributed by atoms with Crippen LogP contribution < -0.4 is 5.32 Å². The number of carboxylic acid groups (broad SMARTS) is 1. The molecule has 1 fully saturated rings. The number of methoxy groups -OCH3 is 1. The van der Waals surface area contributed by atoms with Gasteiger partial charge >= 0.3 is 5.97 Å². The van der Waals surface area contributed by atoms with Crippen LogP contribution in [-0.4, -0.2) is 85.4 Å². The highest BCUT2D eigenvalue weighted by molar-refractivity contribution is 8.00. The van der Waals surface area contributed by atoms with Gasteiger partial charge in [0.2, 0.25) is 11.8 Å². The minimum absolute atomic E-state index is 0.0172. The van der Waals surface area contributed by atoms with Gasteiger partial charge in [-0.1, -0.05) is 0 Å². The Kier molecular flexibility index (Phi) is 8.09. The monoisotopic (exact) mass is 320 g/mol. The highest BCUT2D eigenvalue weighted by Crippen LogP contribution is 2.05. The molecule has 1 heterocycles. The van der Waals surface area contributed by atoms with E-state index in [0.717, 1.165) is 0 Å². The van der Waals surface area contributed by atoms with Crippen LogP contribution in [0.3, 0.4) is 0 Å². The molecule has 2 N–H and O–H groups in total. The van der Waals surface area contributed by atoms with Crippen LogP contribution in [-0.2, 0) is 23.9 Å². The summed E-state index contributed by atoms with van der Waals surface area (Å²) in [6.45, 7) is 2.16. The van der Waals surface area contributed by atoms with Crippen molar-refractivity contribution >= 4 is 29.5 Å². The number of hydrogen-bond donors (Lipinski definition) is 2. The van der Waals surface area contributed by atoms with Gasteiger partial charge in [-0.25, -0.2) is 4.79 Å². The summed E-state index contributed by atoms with van der Waals surface area (Å²) < 4.78 is 9.84. The fourth-order valence-corrected chi connectivity index (χ4v) is 2.41. The Morgan fingerprint density at radius 1 is 1.33 bits per heavy atom. The number of amides is 2. The highest BCUT2D eigenvalue weighted by Gasteiger charge is 2.18. The van der Waals surface area contributed by atoms with E-state index in [1.807, 2.05) is 0 Å². The van der Waals surface area contributed by atoms with Gasteiger partial charge in [-0.05, 0) is 0 Å². The van der Waals surface area contributed by atoms with Gasteiger partial charge in [-0.3, -0.25) is 9.59 Å². The Morgan fingerprint density at radius 3 is 2.57 bits per heavy atom. The maximum atomic E-state index is 11.8. The molecule has 21 heavy (non-hydrogen) atoms. The summed E-state index contributed by atoms with van der Waals surface area (Å²) in [5, 5.41) is 11.2. The summed E-state index contributed by atoms with van der Waals surface area (Å²) in [4.78, 5) is 35.7. The predicted molar refractivity (Wildman–Crippen MR) is 76.2 cm³/mol. The highest BCUT2D eigenvalue weighted by atomic mass is 32.2. The lowest BCUT2D eigenvalue weighted by molar-refractivity contribution is -0.148. The van der Waals surface area contributed by atoms with Gasteiger partial charge in [0.05, 0.1) is 31.3 Å². The molecular formula is C12H20N2O6S. The Labute approximate surface area is 127 Å². The van der Waals surface area contributed by atoms with E-state index >= 15 is 0 Å². The Bertz CT molecular complexity index is 373. The standard InChI is InChI=1S/C12H20N2O6S/c1-19-9(12(17)18)6-13-10(15)7-21-8-11(16)14-2-4-20-5-3-14/h9H,2-8H2,1H3,(H,13,15)(H,17,18). The van der Waals surface area contributed by atoms with Crippen molar-refractivity contribution in [3.8, 4) is 0 Å². The first kappa shape index (κ1) is 17.7. The van der Waals surface area contributed by atoms with Crippen molar-refractivity contribution in [2.24, 2.45) is 0 Å². The zero-order valence-corrected chi connectivity index (χ0v) is 12.7. The quantitative estimate of drug-likeness (QED) is 0.578. The number of carbonyl (C=O) groups excluding carboxylic acids is 2. The first-order chi connectivity index (χ1) is 10.0. The van der Waals surface area contributed by atoms with E-state index in [9.17, 15) is 14.4 Å². The van der Waals surface area contributed by atoms with E-state index in [4.69, 9.17) is 14.6 Å². The number of rotatable bonds is 8. The maximum absolute atomic E-state index is 11.8. The SMILES string of the molecule is COC(CNC(=O)CSCC(=O)N1CCOCC1)C(=O)O. The molecule has 0 aromatic rings. The summed E-state index contributed by atoms with van der Waals surface area (Å²) in [6, 6.07) is 0. The second-order valence-electron chi connectivity index (χ2n) is 4.35. The van der Waals surface area contributed by atoms with Crippen LogP contribution in [0.15, 0.2) is 0 Å². The van der Waals surface area contributed by atoms with Gasteiger partial charge in [0.1, 0.15) is 0 Å². The Balaban J connectivity index is 2.15. The van der Waals surface area contributed by atoms with Crippen molar-refractivity contribution in [1.29, 1.82) is 0 Å². The first-order valence-corrected chi connectivity index (χ1v) is 7.65. The molecule has 8 nitrogen and oxygen atoms in total. The lowest BCUT2D eigenvalue weighted by Gasteiger charge is -2.26. The number of carbonyl (C=O) groups is 3. The van der Waals surface area contributed by atoms with Crippen LogP contribution >= 0.6 is 11.8 Å². The average Bonchev–Trinajstić information content (AvgIpc) is 2.48. The van der Waals surface area contributed by atoms with Gasteiger partial charge in [-0.2, -0.15) is 0 Å². The number of morpholine rings is 1. The molecule has 1 aliphatic heterocycles. The minimum atomic E-state index is -1.13. The van der Waals surface area contributed by atoms with Crippen molar-refractivity contribution in [3.05, 3.63) is 0 Å². The lowest BCUT2D eigenvalue weighted by atomic mass is 10.3. The summed E-state index contributed by atoms with van der Waals surface area (Å²) in [5.74, 6) is -1.14. The molecule has 0 aromatic carbocycles. The first-order valence-electron chi connectivity index (χ1n) is 6.50. The van der Waals surface area contributed by atoms with Crippen LogP contribution in [0.5, 0.6) is 0 Å². The number of thioether (sulfide) groups is 1. The molecule has 0 radical (unpaired) electrons. The Hall–Kier alpha value is -1.32. The fourth-order valence-electron chi connectivity index (χ4n) is 1.66. The van der Waals surface area contributed by atoms with Crippen LogP contribution in [0.2, 0.25) is 0 Å². The third-order valence-corrected chi connectivity index (χ3v) is 3.78. The number of nitrogens with one attached hydrogen (secondary N) is 1. The number of ether oxygens (including phenoxy) is 2. The van der Waals surface area contributed by atoms with Gasteiger partial charge in [-0.15, -0.1) is 11.8 Å². The summed E-state index contributed by atoms with van der Waals surface area (Å²) >= 11 is 1.20. The van der Waals surface area contributed by atoms with Crippen LogP contribution in [0.4, 0.5) is 0 Å². The van der Waals surface area contributed by atoms with Crippen molar-refractivity contribution < 1.29 is 29.0 Å². The smallest absolute Gasteiger partial charge is 0.334 e. The van der Waals surface area contributed by atoms with E-state index in [1.165, 1.54) is 18.9 Å². The molecule has 0 aromatic heterocycles. The van der Waals surface area contributed by atoms with Crippen LogP contribution in [0, 0.1) is 0 Å². The molecule has 1 aliphatic rings. The molecule has 1 rings (SSSR count). The number of hydrogen-bond acceptors (Lipinski definition) is 6. The summed E-state index contributed by atoms with van der Waals surface area (Å²) in [7, 11) is 1.26. The fraction of sp³-hybridized carbons (Fsp3) is 0.750. The van der Waals surface area contributed by atoms with E-state index in [2.05, 4.69) is 5.32 Å². The third kappa shape index (κ3) is 6.78. The van der Waals surface area contributed by atoms with E-state index < -0.39 is 12.1 Å². The van der Waals surface area contributed by atoms with E-state index in [1.54, 1.807) is 4.90 Å². The molecule has 1 saturated heterocycles. The van der Waals surface area contributed by atoms with Crippen molar-refractivity contribution in [2.45, 2.75) is 6.10 Å². The second-order valence-corrected chi connectivity index (χ2v) is 5.34. The average molecular weight is 320 g/mol. The maximum Gasteiger partial charge on any atom is 0.334 e. The summed E-state index contributed by atoms with van der Waals surface area (Å²) in [6.07, 6.45) is -1.06. The van der Waals surface area contributed by atoms with Gasteiger partial charge in [0.25, 0.3) is 0 Å². The molecular weight excluding hydrogens is 300 g/mol. The molecule has 2 amide bonds. The van der Waals surface area contributed by atoms with Crippen molar-refractivity contribution in [3.63, 3.8) is 0 Å². The van der Waals surface area contributed by atoms with Gasteiger partial charge < -0.3 is 24.8 Å². The number of carboxylic acids is 1. The van der Waals surface area contributed by atoms with Crippen molar-refractivity contribution in [1.82, 2.24) is 10.2 Å². The molecule has 9 heteroatoms. The normalized spacial score (nSPS) is 16.3. The predicted octanol–water partition coefficient (Wildman–Crippen LogP) is -1.21. The summed E-state index contributed by atoms with van der Waals surface area (Å²) in [5.41, 5.74) is 0. The topological polar surface area (TPSA) is 105 Å². The van der Waals surface area contributed by atoms with E-state index in [0.29, 0.717) is 26.3 Å². The third-order valence-electron chi connectivity index (χ3n) is 2.87. The molecule has 1 unspecified atom stereocenters. The van der Waals surface area contributed by atoms with Crippen LogP contribution in [0.25, 0.3) is 0 Å². The van der Waals surface area contributed by atoms with Crippen molar-refractivity contribution in [2.75, 3.05) is 51.5 Å². The molecule has 120 valence electrons. The molecule has 0 bridgehead atoms. The molecule has 0 saturated carbocycles.